The number of aryl methyl sites for hydroxylation is 1. The van der Waals surface area contributed by atoms with Crippen LogP contribution in [0.15, 0.2) is 48.5 Å². The van der Waals surface area contributed by atoms with Gasteiger partial charge >= 0.3 is 6.18 Å². The number of hydrogen-bond donors (Lipinski definition) is 1. The first-order valence-electron chi connectivity index (χ1n) is 12.2. The van der Waals surface area contributed by atoms with E-state index in [1.54, 1.807) is 16.8 Å². The Hall–Kier alpha value is -2.76. The van der Waals surface area contributed by atoms with Gasteiger partial charge in [0.15, 0.2) is 0 Å². The molecule has 11 heteroatoms. The van der Waals surface area contributed by atoms with Gasteiger partial charge in [0.1, 0.15) is 12.4 Å². The molecule has 1 spiro atoms. The lowest BCUT2D eigenvalue weighted by molar-refractivity contribution is -0.136. The second-order valence-electron chi connectivity index (χ2n) is 10.4. The number of aromatic nitrogens is 2. The highest BCUT2D eigenvalue weighted by Gasteiger charge is 2.60. The minimum absolute atomic E-state index is 0.0717. The first-order valence-corrected chi connectivity index (χ1v) is 13.7. The number of halogens is 4. The molecule has 3 aliphatic rings. The summed E-state index contributed by atoms with van der Waals surface area (Å²) < 4.78 is 83.1. The molecule has 0 radical (unpaired) electrons. The molecule has 6 nitrogen and oxygen atoms in total. The molecule has 1 saturated carbocycles. The van der Waals surface area contributed by atoms with Gasteiger partial charge in [-0.1, -0.05) is 12.1 Å². The Balaban J connectivity index is 1.31. The number of nitrogens with one attached hydrogen (secondary N) is 1. The lowest BCUT2D eigenvalue weighted by Gasteiger charge is -2.33. The van der Waals surface area contributed by atoms with E-state index < -0.39 is 28.5 Å². The second kappa shape index (κ2) is 8.37. The average molecular weight is 535 g/mol. The van der Waals surface area contributed by atoms with Gasteiger partial charge in [-0.05, 0) is 90.6 Å². The second-order valence-corrected chi connectivity index (χ2v) is 12.1. The van der Waals surface area contributed by atoms with Crippen LogP contribution in [0.2, 0.25) is 0 Å². The molecular formula is C26H26F4N4O2S. The molecule has 1 aromatic heterocycles. The van der Waals surface area contributed by atoms with Crippen LogP contribution in [0.25, 0.3) is 22.5 Å². The van der Waals surface area contributed by atoms with E-state index in [2.05, 4.69) is 15.9 Å². The van der Waals surface area contributed by atoms with Crippen LogP contribution in [0.3, 0.4) is 0 Å². The van der Waals surface area contributed by atoms with Crippen molar-refractivity contribution in [3.8, 4) is 22.5 Å². The Morgan fingerprint density at radius 1 is 1.00 bits per heavy atom. The summed E-state index contributed by atoms with van der Waals surface area (Å²) in [6.45, 7) is -1.64. The van der Waals surface area contributed by atoms with Gasteiger partial charge in [0.05, 0.1) is 16.9 Å². The standard InChI is InChI=1S/C26H26F4N4O2S/c1-33-24(16-4-8-22(27)9-5-16)13-23(31-33)18-3-2-17-11-20-6-7-21(12-19(17)10-18)25(20)14-34(15-26(28,29)30)37(35,36)32-25/h2-5,8-10,13,20-21,32H,6-7,11-12,14-15H2,1H3/t20-,21?,25?/m0/s1. The summed E-state index contributed by atoms with van der Waals surface area (Å²) in [7, 11) is -2.39. The Bertz CT molecular complexity index is 1470. The number of benzene rings is 2. The molecule has 1 saturated heterocycles. The summed E-state index contributed by atoms with van der Waals surface area (Å²) in [5.74, 6) is -0.479. The lowest BCUT2D eigenvalue weighted by Crippen LogP contribution is -2.52. The van der Waals surface area contributed by atoms with Crippen molar-refractivity contribution in [3.63, 3.8) is 0 Å². The predicted molar refractivity (Wildman–Crippen MR) is 130 cm³/mol. The first-order chi connectivity index (χ1) is 17.4. The summed E-state index contributed by atoms with van der Waals surface area (Å²) in [6.07, 6.45) is -1.88. The molecule has 3 atom stereocenters. The number of nitrogens with zero attached hydrogens (tertiary/aromatic N) is 3. The summed E-state index contributed by atoms with van der Waals surface area (Å²) in [5.41, 5.74) is 4.61. The van der Waals surface area contributed by atoms with Gasteiger partial charge in [-0.2, -0.15) is 35.7 Å². The van der Waals surface area contributed by atoms with Crippen molar-refractivity contribution in [3.05, 3.63) is 65.5 Å². The van der Waals surface area contributed by atoms with E-state index in [1.165, 1.54) is 12.1 Å². The quantitative estimate of drug-likeness (QED) is 0.505. The molecule has 2 fully saturated rings. The third-order valence-corrected chi connectivity index (χ3v) is 9.80. The van der Waals surface area contributed by atoms with Crippen molar-refractivity contribution in [1.29, 1.82) is 0 Å². The molecule has 2 aliphatic carbocycles. The van der Waals surface area contributed by atoms with E-state index in [-0.39, 0.29) is 24.2 Å². The van der Waals surface area contributed by atoms with Gasteiger partial charge in [0, 0.05) is 19.2 Å². The summed E-state index contributed by atoms with van der Waals surface area (Å²) >= 11 is 0. The Morgan fingerprint density at radius 2 is 1.65 bits per heavy atom. The summed E-state index contributed by atoms with van der Waals surface area (Å²) in [4.78, 5) is 0. The Kier molecular flexibility index (Phi) is 5.56. The normalized spacial score (nSPS) is 26.9. The molecule has 2 unspecified atom stereocenters. The van der Waals surface area contributed by atoms with E-state index in [1.807, 2.05) is 25.2 Å². The molecule has 1 N–H and O–H groups in total. The maximum atomic E-state index is 13.4. The van der Waals surface area contributed by atoms with Crippen LogP contribution in [0, 0.1) is 17.7 Å². The van der Waals surface area contributed by atoms with Crippen molar-refractivity contribution in [2.45, 2.75) is 37.4 Å². The topological polar surface area (TPSA) is 67.2 Å². The molecule has 1 aliphatic heterocycles. The highest BCUT2D eigenvalue weighted by molar-refractivity contribution is 7.87. The van der Waals surface area contributed by atoms with Gasteiger partial charge in [-0.3, -0.25) is 4.68 Å². The zero-order valence-corrected chi connectivity index (χ0v) is 20.9. The van der Waals surface area contributed by atoms with Crippen LogP contribution in [-0.2, 0) is 30.1 Å². The van der Waals surface area contributed by atoms with E-state index in [0.29, 0.717) is 17.1 Å². The smallest absolute Gasteiger partial charge is 0.267 e. The van der Waals surface area contributed by atoms with Gasteiger partial charge in [-0.25, -0.2) is 4.39 Å². The van der Waals surface area contributed by atoms with E-state index in [9.17, 15) is 26.0 Å². The Morgan fingerprint density at radius 3 is 2.32 bits per heavy atom. The molecule has 196 valence electrons. The number of hydrogen-bond acceptors (Lipinski definition) is 3. The van der Waals surface area contributed by atoms with Crippen LogP contribution in [0.5, 0.6) is 0 Å². The predicted octanol–water partition coefficient (Wildman–Crippen LogP) is 4.47. The molecular weight excluding hydrogens is 508 g/mol. The van der Waals surface area contributed by atoms with Gasteiger partial charge in [0.25, 0.3) is 10.2 Å². The molecule has 0 amide bonds. The average Bonchev–Trinajstić information content (AvgIpc) is 3.38. The highest BCUT2D eigenvalue weighted by atomic mass is 32.2. The molecule has 37 heavy (non-hydrogen) atoms. The fourth-order valence-electron chi connectivity index (χ4n) is 6.50. The molecule has 6 rings (SSSR count). The van der Waals surface area contributed by atoms with Gasteiger partial charge in [-0.15, -0.1) is 0 Å². The van der Waals surface area contributed by atoms with E-state index in [0.717, 1.165) is 46.5 Å². The number of fused-ring (bicyclic) bond motifs is 1. The zero-order valence-electron chi connectivity index (χ0n) is 20.1. The third kappa shape index (κ3) is 4.26. The van der Waals surface area contributed by atoms with Crippen LogP contribution in [0.4, 0.5) is 17.6 Å². The fraction of sp³-hybridized carbons (Fsp3) is 0.423. The van der Waals surface area contributed by atoms with E-state index >= 15 is 0 Å². The summed E-state index contributed by atoms with van der Waals surface area (Å²) in [5, 5.41) is 4.65. The third-order valence-electron chi connectivity index (χ3n) is 8.23. The van der Waals surface area contributed by atoms with Crippen LogP contribution < -0.4 is 4.72 Å². The molecule has 2 aromatic carbocycles. The van der Waals surface area contributed by atoms with Crippen molar-refractivity contribution < 1.29 is 26.0 Å². The van der Waals surface area contributed by atoms with Crippen LogP contribution in [-0.4, -0.2) is 47.3 Å². The lowest BCUT2D eigenvalue weighted by atomic mass is 9.79. The summed E-state index contributed by atoms with van der Waals surface area (Å²) in [6, 6.07) is 14.2. The Labute approximate surface area is 212 Å². The van der Waals surface area contributed by atoms with Crippen molar-refractivity contribution >= 4 is 10.2 Å². The van der Waals surface area contributed by atoms with Crippen molar-refractivity contribution in [1.82, 2.24) is 18.8 Å². The number of alkyl halides is 3. The maximum absolute atomic E-state index is 13.4. The van der Waals surface area contributed by atoms with Crippen molar-refractivity contribution in [2.75, 3.05) is 13.1 Å². The maximum Gasteiger partial charge on any atom is 0.402 e. The van der Waals surface area contributed by atoms with Gasteiger partial charge < -0.3 is 0 Å². The molecule has 3 aromatic rings. The first kappa shape index (κ1) is 24.6. The highest BCUT2D eigenvalue weighted by Crippen LogP contribution is 2.50. The minimum atomic E-state index is -4.60. The SMILES string of the molecule is Cn1nc(-c2ccc3c(c2)CC2CC[C@@H](C3)C23CN(CC(F)(F)F)S(=O)(=O)N3)cc1-c1ccc(F)cc1. The monoisotopic (exact) mass is 534 g/mol. The minimum Gasteiger partial charge on any atom is -0.267 e. The van der Waals surface area contributed by atoms with Crippen LogP contribution >= 0.6 is 0 Å². The van der Waals surface area contributed by atoms with Gasteiger partial charge in [0.2, 0.25) is 0 Å². The van der Waals surface area contributed by atoms with Crippen LogP contribution in [0.1, 0.15) is 24.0 Å². The molecule has 2 bridgehead atoms. The largest absolute Gasteiger partial charge is 0.402 e. The zero-order chi connectivity index (χ0) is 26.2. The molecule has 2 heterocycles. The van der Waals surface area contributed by atoms with Crippen molar-refractivity contribution in [2.24, 2.45) is 18.9 Å². The number of rotatable bonds is 3. The fourth-order valence-corrected chi connectivity index (χ4v) is 8.21. The van der Waals surface area contributed by atoms with E-state index in [4.69, 9.17) is 0 Å².